The van der Waals surface area contributed by atoms with Crippen molar-refractivity contribution in [3.05, 3.63) is 76.5 Å². The van der Waals surface area contributed by atoms with E-state index in [2.05, 4.69) is 45.2 Å². The van der Waals surface area contributed by atoms with Gasteiger partial charge >= 0.3 is 0 Å². The monoisotopic (exact) mass is 404 g/mol. The van der Waals surface area contributed by atoms with Gasteiger partial charge < -0.3 is 9.80 Å². The second-order valence-electron chi connectivity index (χ2n) is 7.88. The molecule has 0 atom stereocenters. The van der Waals surface area contributed by atoms with Crippen molar-refractivity contribution in [1.29, 1.82) is 0 Å². The van der Waals surface area contributed by atoms with E-state index in [1.54, 1.807) is 6.20 Å². The molecule has 29 heavy (non-hydrogen) atoms. The summed E-state index contributed by atoms with van der Waals surface area (Å²) in [5.41, 5.74) is 4.02. The van der Waals surface area contributed by atoms with Crippen LogP contribution in [0.2, 0.25) is 0 Å². The first-order valence-corrected chi connectivity index (χ1v) is 11.1. The molecule has 5 rings (SSSR count). The first-order chi connectivity index (χ1) is 14.3. The number of hydrogen-bond donors (Lipinski definition) is 0. The molecule has 2 aliphatic heterocycles. The van der Waals surface area contributed by atoms with Crippen molar-refractivity contribution in [1.82, 2.24) is 14.9 Å². The number of carbonyl (C=O) groups excluding carboxylic acids is 1. The molecule has 0 unspecified atom stereocenters. The average Bonchev–Trinajstić information content (AvgIpc) is 3.29. The Morgan fingerprint density at radius 2 is 1.76 bits per heavy atom. The van der Waals surface area contributed by atoms with Crippen LogP contribution < -0.4 is 4.90 Å². The van der Waals surface area contributed by atoms with Crippen LogP contribution >= 0.6 is 11.3 Å². The van der Waals surface area contributed by atoms with E-state index in [-0.39, 0.29) is 5.91 Å². The lowest BCUT2D eigenvalue weighted by Gasteiger charge is -2.41. The number of rotatable bonds is 4. The maximum atomic E-state index is 12.5. The summed E-state index contributed by atoms with van der Waals surface area (Å²) in [5.74, 6) is 1.20. The quantitative estimate of drug-likeness (QED) is 0.655. The van der Waals surface area contributed by atoms with Gasteiger partial charge in [0.2, 0.25) is 0 Å². The molecule has 148 valence electrons. The Labute approximate surface area is 175 Å². The van der Waals surface area contributed by atoms with Crippen LogP contribution in [0.3, 0.4) is 0 Å². The molecular weight excluding hydrogens is 380 g/mol. The van der Waals surface area contributed by atoms with Gasteiger partial charge in [-0.05, 0) is 48.1 Å². The van der Waals surface area contributed by atoms with E-state index in [1.165, 1.54) is 28.2 Å². The van der Waals surface area contributed by atoms with E-state index in [0.717, 1.165) is 39.0 Å². The summed E-state index contributed by atoms with van der Waals surface area (Å²) in [6.07, 6.45) is 7.55. The number of aromatic nitrogens is 2. The zero-order valence-electron chi connectivity index (χ0n) is 16.3. The Kier molecular flexibility index (Phi) is 5.02. The van der Waals surface area contributed by atoms with Gasteiger partial charge in [-0.2, -0.15) is 0 Å². The van der Waals surface area contributed by atoms with Crippen LogP contribution in [0.4, 0.5) is 5.69 Å². The van der Waals surface area contributed by atoms with Crippen LogP contribution in [0.5, 0.6) is 0 Å². The number of carbonyl (C=O) groups is 1. The van der Waals surface area contributed by atoms with Gasteiger partial charge in [0.15, 0.2) is 5.01 Å². The minimum absolute atomic E-state index is 0.0785. The summed E-state index contributed by atoms with van der Waals surface area (Å²) in [7, 11) is 0. The molecule has 2 saturated heterocycles. The van der Waals surface area contributed by atoms with E-state index in [9.17, 15) is 4.79 Å². The number of pyridine rings is 1. The molecule has 0 aliphatic carbocycles. The predicted octanol–water partition coefficient (Wildman–Crippen LogP) is 4.16. The number of benzene rings is 1. The highest BCUT2D eigenvalue weighted by molar-refractivity contribution is 7.11. The standard InChI is InChI=1S/C23H24N4OS/c28-23(22-25-10-13-29-22)26-11-7-18(8-12-26)17-3-5-21(6-4-17)27-15-20(16-27)19-2-1-9-24-14-19/h1-6,9-10,13-14,18,20H,7-8,11-12,15-16H2. The van der Waals surface area contributed by atoms with E-state index < -0.39 is 0 Å². The van der Waals surface area contributed by atoms with Crippen LogP contribution in [-0.2, 0) is 0 Å². The minimum atomic E-state index is 0.0785. The Morgan fingerprint density at radius 1 is 0.966 bits per heavy atom. The Bertz CT molecular complexity index is 944. The summed E-state index contributed by atoms with van der Waals surface area (Å²) in [4.78, 5) is 25.2. The van der Waals surface area contributed by atoms with E-state index in [0.29, 0.717) is 16.8 Å². The third-order valence-corrected chi connectivity index (χ3v) is 6.93. The van der Waals surface area contributed by atoms with Gasteiger partial charge in [0, 0.05) is 61.8 Å². The fourth-order valence-corrected chi connectivity index (χ4v) is 4.96. The Balaban J connectivity index is 1.15. The SMILES string of the molecule is O=C(c1nccs1)N1CCC(c2ccc(N3CC(c4cccnc4)C3)cc2)CC1. The Hall–Kier alpha value is -2.73. The molecule has 2 aliphatic rings. The largest absolute Gasteiger partial charge is 0.370 e. The van der Waals surface area contributed by atoms with Crippen molar-refractivity contribution >= 4 is 22.9 Å². The molecule has 6 heteroatoms. The lowest BCUT2D eigenvalue weighted by Crippen LogP contribution is -2.45. The maximum Gasteiger partial charge on any atom is 0.282 e. The number of anilines is 1. The molecule has 0 spiro atoms. The van der Waals surface area contributed by atoms with Gasteiger partial charge in [-0.15, -0.1) is 11.3 Å². The van der Waals surface area contributed by atoms with Crippen LogP contribution in [0.15, 0.2) is 60.4 Å². The second kappa shape index (κ2) is 7.95. The number of piperidine rings is 1. The molecule has 3 aromatic rings. The normalized spacial score (nSPS) is 17.9. The smallest absolute Gasteiger partial charge is 0.282 e. The summed E-state index contributed by atoms with van der Waals surface area (Å²) < 4.78 is 0. The van der Waals surface area contributed by atoms with Crippen molar-refractivity contribution < 1.29 is 4.79 Å². The number of nitrogens with zero attached hydrogens (tertiary/aromatic N) is 4. The summed E-state index contributed by atoms with van der Waals surface area (Å²) in [5, 5.41) is 2.46. The topological polar surface area (TPSA) is 49.3 Å². The number of amides is 1. The number of likely N-dealkylation sites (tertiary alicyclic amines) is 1. The third kappa shape index (κ3) is 3.77. The third-order valence-electron chi connectivity index (χ3n) is 6.16. The average molecular weight is 405 g/mol. The lowest BCUT2D eigenvalue weighted by molar-refractivity contribution is 0.0712. The fourth-order valence-electron chi connectivity index (χ4n) is 4.36. The first-order valence-electron chi connectivity index (χ1n) is 10.2. The molecule has 1 aromatic carbocycles. The van der Waals surface area contributed by atoms with E-state index in [1.807, 2.05) is 28.7 Å². The van der Waals surface area contributed by atoms with Crippen molar-refractivity contribution in [2.75, 3.05) is 31.1 Å². The molecule has 5 nitrogen and oxygen atoms in total. The van der Waals surface area contributed by atoms with Crippen molar-refractivity contribution in [2.24, 2.45) is 0 Å². The van der Waals surface area contributed by atoms with Gasteiger partial charge in [0.25, 0.3) is 5.91 Å². The molecule has 1 amide bonds. The highest BCUT2D eigenvalue weighted by Gasteiger charge is 2.29. The van der Waals surface area contributed by atoms with Gasteiger partial charge in [-0.3, -0.25) is 9.78 Å². The van der Waals surface area contributed by atoms with Crippen LogP contribution in [0.25, 0.3) is 0 Å². The van der Waals surface area contributed by atoms with Gasteiger partial charge in [-0.1, -0.05) is 18.2 Å². The van der Waals surface area contributed by atoms with Crippen LogP contribution in [0.1, 0.15) is 45.6 Å². The highest BCUT2D eigenvalue weighted by atomic mass is 32.1. The molecule has 0 bridgehead atoms. The minimum Gasteiger partial charge on any atom is -0.370 e. The zero-order valence-corrected chi connectivity index (χ0v) is 17.1. The fraction of sp³-hybridized carbons (Fsp3) is 0.348. The number of thiazole rings is 1. The molecule has 0 N–H and O–H groups in total. The van der Waals surface area contributed by atoms with Crippen LogP contribution in [0, 0.1) is 0 Å². The first kappa shape index (κ1) is 18.3. The molecule has 0 saturated carbocycles. The summed E-state index contributed by atoms with van der Waals surface area (Å²) in [6, 6.07) is 13.2. The molecule has 0 radical (unpaired) electrons. The lowest BCUT2D eigenvalue weighted by atomic mass is 9.88. The molecule has 2 fully saturated rings. The van der Waals surface area contributed by atoms with Crippen molar-refractivity contribution in [3.8, 4) is 0 Å². The van der Waals surface area contributed by atoms with Crippen molar-refractivity contribution in [3.63, 3.8) is 0 Å². The van der Waals surface area contributed by atoms with Gasteiger partial charge in [0.05, 0.1) is 0 Å². The van der Waals surface area contributed by atoms with Gasteiger partial charge in [-0.25, -0.2) is 4.98 Å². The van der Waals surface area contributed by atoms with Gasteiger partial charge in [0.1, 0.15) is 0 Å². The molecule has 2 aromatic heterocycles. The Morgan fingerprint density at radius 3 is 2.41 bits per heavy atom. The number of hydrogen-bond acceptors (Lipinski definition) is 5. The molecular formula is C23H24N4OS. The zero-order chi connectivity index (χ0) is 19.6. The summed E-state index contributed by atoms with van der Waals surface area (Å²) >= 11 is 1.42. The van der Waals surface area contributed by atoms with Crippen LogP contribution in [-0.4, -0.2) is 47.0 Å². The maximum absolute atomic E-state index is 12.5. The van der Waals surface area contributed by atoms with E-state index >= 15 is 0 Å². The van der Waals surface area contributed by atoms with Crippen molar-refractivity contribution in [2.45, 2.75) is 24.7 Å². The highest BCUT2D eigenvalue weighted by Crippen LogP contribution is 2.34. The van der Waals surface area contributed by atoms with E-state index in [4.69, 9.17) is 0 Å². The predicted molar refractivity (Wildman–Crippen MR) is 116 cm³/mol. The summed E-state index contributed by atoms with van der Waals surface area (Å²) in [6.45, 7) is 3.73. The molecule has 4 heterocycles. The second-order valence-corrected chi connectivity index (χ2v) is 8.78.